The van der Waals surface area contributed by atoms with E-state index in [1.54, 1.807) is 68.4 Å². The van der Waals surface area contributed by atoms with Gasteiger partial charge in [-0.15, -0.1) is 0 Å². The number of hydrogen-bond donors (Lipinski definition) is 0. The fourth-order valence-electron chi connectivity index (χ4n) is 3.77. The number of halogens is 1. The van der Waals surface area contributed by atoms with Gasteiger partial charge in [0.1, 0.15) is 0 Å². The third-order valence-electron chi connectivity index (χ3n) is 5.01. The van der Waals surface area contributed by atoms with E-state index in [9.17, 15) is 14.4 Å². The molecule has 0 saturated heterocycles. The first-order valence-corrected chi connectivity index (χ1v) is 9.56. The molecule has 0 amide bonds. The van der Waals surface area contributed by atoms with Crippen molar-refractivity contribution < 1.29 is 23.9 Å². The summed E-state index contributed by atoms with van der Waals surface area (Å²) >= 11 is 6.35. The molecular weight excluding hydrogens is 380 g/mol. The quantitative estimate of drug-likeness (QED) is 0.398. The molecule has 1 fully saturated rings. The number of ether oxygens (including phenoxy) is 2. The highest BCUT2D eigenvalue weighted by Gasteiger charge is 2.79. The van der Waals surface area contributed by atoms with Crippen LogP contribution >= 0.6 is 11.6 Å². The van der Waals surface area contributed by atoms with Crippen LogP contribution in [0.3, 0.4) is 0 Å². The highest BCUT2D eigenvalue weighted by Crippen LogP contribution is 2.68. The summed E-state index contributed by atoms with van der Waals surface area (Å²) in [6, 6.07) is 15.5. The van der Waals surface area contributed by atoms with Crippen LogP contribution in [-0.2, 0) is 19.1 Å². The third-order valence-corrected chi connectivity index (χ3v) is 5.36. The fourth-order valence-corrected chi connectivity index (χ4v) is 4.03. The molecule has 0 heterocycles. The first-order valence-electron chi connectivity index (χ1n) is 9.18. The van der Waals surface area contributed by atoms with Crippen molar-refractivity contribution in [2.75, 3.05) is 13.2 Å². The lowest BCUT2D eigenvalue weighted by Crippen LogP contribution is -2.34. The standard InChI is InChI=1S/C22H21ClO5/c1-3-27-20(25)22(21(26)28-4-2)17(15-12-8-9-13-16(15)23)18(22)19(24)14-10-6-5-7-11-14/h5-13,17-18H,3-4H2,1-2H3/t17-,18+/m1/s1. The van der Waals surface area contributed by atoms with E-state index in [2.05, 4.69) is 0 Å². The Labute approximate surface area is 168 Å². The number of hydrogen-bond acceptors (Lipinski definition) is 5. The van der Waals surface area contributed by atoms with E-state index in [1.165, 1.54) is 0 Å². The lowest BCUT2D eigenvalue weighted by Gasteiger charge is -2.15. The molecular formula is C22H21ClO5. The Hall–Kier alpha value is -2.66. The average molecular weight is 401 g/mol. The number of rotatable bonds is 7. The molecule has 146 valence electrons. The van der Waals surface area contributed by atoms with Crippen LogP contribution in [0.25, 0.3) is 0 Å². The van der Waals surface area contributed by atoms with Gasteiger partial charge in [0, 0.05) is 16.5 Å². The minimum atomic E-state index is -1.73. The van der Waals surface area contributed by atoms with Crippen LogP contribution in [0, 0.1) is 11.3 Å². The topological polar surface area (TPSA) is 69.7 Å². The zero-order chi connectivity index (χ0) is 20.3. The average Bonchev–Trinajstić information content (AvgIpc) is 3.40. The van der Waals surface area contributed by atoms with Gasteiger partial charge in [-0.2, -0.15) is 0 Å². The van der Waals surface area contributed by atoms with E-state index < -0.39 is 29.2 Å². The van der Waals surface area contributed by atoms with Crippen molar-refractivity contribution in [2.45, 2.75) is 19.8 Å². The molecule has 28 heavy (non-hydrogen) atoms. The maximum absolute atomic E-state index is 13.3. The molecule has 0 radical (unpaired) electrons. The zero-order valence-electron chi connectivity index (χ0n) is 15.7. The normalized spacial score (nSPS) is 19.5. The van der Waals surface area contributed by atoms with Gasteiger partial charge < -0.3 is 9.47 Å². The second-order valence-corrected chi connectivity index (χ2v) is 6.92. The molecule has 1 aliphatic rings. The summed E-state index contributed by atoms with van der Waals surface area (Å²) < 4.78 is 10.4. The van der Waals surface area contributed by atoms with Gasteiger partial charge in [-0.05, 0) is 25.5 Å². The van der Waals surface area contributed by atoms with Crippen molar-refractivity contribution in [3.8, 4) is 0 Å². The highest BCUT2D eigenvalue weighted by atomic mass is 35.5. The summed E-state index contributed by atoms with van der Waals surface area (Å²) in [4.78, 5) is 39.2. The lowest BCUT2D eigenvalue weighted by molar-refractivity contribution is -0.165. The zero-order valence-corrected chi connectivity index (χ0v) is 16.4. The Morgan fingerprint density at radius 2 is 1.43 bits per heavy atom. The maximum Gasteiger partial charge on any atom is 0.324 e. The van der Waals surface area contributed by atoms with Crippen LogP contribution in [0.2, 0.25) is 5.02 Å². The summed E-state index contributed by atoms with van der Waals surface area (Å²) in [6.45, 7) is 3.47. The van der Waals surface area contributed by atoms with Crippen LogP contribution in [-0.4, -0.2) is 30.9 Å². The molecule has 1 saturated carbocycles. The van der Waals surface area contributed by atoms with Crippen LogP contribution in [0.15, 0.2) is 54.6 Å². The van der Waals surface area contributed by atoms with Crippen molar-refractivity contribution in [2.24, 2.45) is 11.3 Å². The van der Waals surface area contributed by atoms with Crippen LogP contribution in [0.4, 0.5) is 0 Å². The molecule has 2 atom stereocenters. The van der Waals surface area contributed by atoms with E-state index in [1.807, 2.05) is 0 Å². The largest absolute Gasteiger partial charge is 0.465 e. The van der Waals surface area contributed by atoms with E-state index >= 15 is 0 Å². The molecule has 1 aliphatic carbocycles. The summed E-state index contributed by atoms with van der Waals surface area (Å²) in [5, 5.41) is 0.383. The number of carbonyl (C=O) groups excluding carboxylic acids is 3. The lowest BCUT2D eigenvalue weighted by atomic mass is 9.97. The van der Waals surface area contributed by atoms with Crippen molar-refractivity contribution in [1.29, 1.82) is 0 Å². The number of ketones is 1. The van der Waals surface area contributed by atoms with Gasteiger partial charge in [0.05, 0.1) is 19.1 Å². The number of esters is 2. The smallest absolute Gasteiger partial charge is 0.324 e. The monoisotopic (exact) mass is 400 g/mol. The third kappa shape index (κ3) is 3.20. The molecule has 6 heteroatoms. The molecule has 5 nitrogen and oxygen atoms in total. The number of benzene rings is 2. The predicted octanol–water partition coefficient (Wildman–Crippen LogP) is 4.05. The Morgan fingerprint density at radius 1 is 0.893 bits per heavy atom. The van der Waals surface area contributed by atoms with E-state index in [-0.39, 0.29) is 19.0 Å². The molecule has 0 aliphatic heterocycles. The minimum Gasteiger partial charge on any atom is -0.465 e. The second kappa shape index (κ2) is 8.15. The Balaban J connectivity index is 2.14. The molecule has 0 N–H and O–H groups in total. The van der Waals surface area contributed by atoms with E-state index in [4.69, 9.17) is 21.1 Å². The molecule has 0 spiro atoms. The number of carbonyl (C=O) groups is 3. The van der Waals surface area contributed by atoms with Gasteiger partial charge in [0.2, 0.25) is 0 Å². The maximum atomic E-state index is 13.3. The molecule has 0 bridgehead atoms. The van der Waals surface area contributed by atoms with Gasteiger partial charge in [0.15, 0.2) is 11.2 Å². The summed E-state index contributed by atoms with van der Waals surface area (Å²) in [7, 11) is 0. The van der Waals surface area contributed by atoms with Gasteiger partial charge in [0.25, 0.3) is 0 Å². The number of Topliss-reactive ketones (excluding diaryl/α,β-unsaturated/α-hetero) is 1. The first kappa shape index (κ1) is 20.1. The fraction of sp³-hybridized carbons (Fsp3) is 0.318. The molecule has 0 unspecified atom stereocenters. The van der Waals surface area contributed by atoms with Crippen molar-refractivity contribution in [3.63, 3.8) is 0 Å². The highest BCUT2D eigenvalue weighted by molar-refractivity contribution is 6.32. The van der Waals surface area contributed by atoms with Gasteiger partial charge in [-0.1, -0.05) is 60.1 Å². The van der Waals surface area contributed by atoms with Gasteiger partial charge in [-0.25, -0.2) is 0 Å². The summed E-state index contributed by atoms with van der Waals surface area (Å²) in [5.74, 6) is -3.51. The SMILES string of the molecule is CCOC(=O)C1(C(=O)OCC)[C@H](C(=O)c2ccccc2)[C@H]1c1ccccc1Cl. The Morgan fingerprint density at radius 3 is 1.96 bits per heavy atom. The van der Waals surface area contributed by atoms with Crippen LogP contribution in [0.5, 0.6) is 0 Å². The van der Waals surface area contributed by atoms with Gasteiger partial charge >= 0.3 is 11.9 Å². The Bertz CT molecular complexity index is 875. The van der Waals surface area contributed by atoms with E-state index in [0.29, 0.717) is 16.1 Å². The molecule has 3 rings (SSSR count). The molecule has 2 aromatic rings. The second-order valence-electron chi connectivity index (χ2n) is 6.52. The van der Waals surface area contributed by atoms with Crippen molar-refractivity contribution in [1.82, 2.24) is 0 Å². The van der Waals surface area contributed by atoms with Crippen molar-refractivity contribution >= 4 is 29.3 Å². The minimum absolute atomic E-state index is 0.0848. The van der Waals surface area contributed by atoms with Crippen molar-refractivity contribution in [3.05, 3.63) is 70.7 Å². The van der Waals surface area contributed by atoms with Crippen LogP contribution in [0.1, 0.15) is 35.7 Å². The van der Waals surface area contributed by atoms with Crippen LogP contribution < -0.4 is 0 Å². The van der Waals surface area contributed by atoms with Gasteiger partial charge in [-0.3, -0.25) is 14.4 Å². The summed E-state index contributed by atoms with van der Waals surface area (Å²) in [5.41, 5.74) is -0.760. The first-order chi connectivity index (χ1) is 13.5. The molecule has 2 aromatic carbocycles. The predicted molar refractivity (Wildman–Crippen MR) is 104 cm³/mol. The van der Waals surface area contributed by atoms with E-state index in [0.717, 1.165) is 0 Å². The summed E-state index contributed by atoms with van der Waals surface area (Å²) in [6.07, 6.45) is 0. The molecule has 0 aromatic heterocycles. The Kier molecular flexibility index (Phi) is 5.84.